The molecule has 1 aromatic rings. The van der Waals surface area contributed by atoms with Gasteiger partial charge >= 0.3 is 11.9 Å². The molecule has 2 bridgehead atoms. The SMILES string of the molecule is CCOC(=O)c1c(NC(=O)[C@@H]2[C@H](C(=O)O)[C@H]3CC[C@H]2C3=C(C)C)sc2c1CCCCC2. The monoisotopic (exact) mass is 445 g/mol. The van der Waals surface area contributed by atoms with Crippen molar-refractivity contribution >= 4 is 34.2 Å². The van der Waals surface area contributed by atoms with E-state index in [-0.39, 0.29) is 24.3 Å². The number of ether oxygens (including phenoxy) is 1. The summed E-state index contributed by atoms with van der Waals surface area (Å²) in [6, 6.07) is 0. The third kappa shape index (κ3) is 3.81. The average molecular weight is 446 g/mol. The van der Waals surface area contributed by atoms with Crippen LogP contribution in [0.1, 0.15) is 73.7 Å². The van der Waals surface area contributed by atoms with E-state index in [1.54, 1.807) is 6.92 Å². The Hall–Kier alpha value is -2.15. The zero-order valence-corrected chi connectivity index (χ0v) is 19.3. The molecule has 0 spiro atoms. The molecule has 0 radical (unpaired) electrons. The van der Waals surface area contributed by atoms with E-state index in [1.165, 1.54) is 11.3 Å². The number of fused-ring (bicyclic) bond motifs is 3. The fourth-order valence-corrected chi connectivity index (χ4v) is 7.33. The Labute approximate surface area is 187 Å². The van der Waals surface area contributed by atoms with Crippen molar-refractivity contribution in [3.05, 3.63) is 27.2 Å². The lowest BCUT2D eigenvalue weighted by Crippen LogP contribution is -2.38. The van der Waals surface area contributed by atoms with Crippen molar-refractivity contribution in [2.75, 3.05) is 11.9 Å². The van der Waals surface area contributed by atoms with Crippen molar-refractivity contribution in [2.24, 2.45) is 23.7 Å². The maximum absolute atomic E-state index is 13.5. The first-order chi connectivity index (χ1) is 14.8. The van der Waals surface area contributed by atoms with Gasteiger partial charge < -0.3 is 15.2 Å². The molecule has 0 saturated heterocycles. The Balaban J connectivity index is 1.68. The minimum absolute atomic E-state index is 0.0278. The molecule has 168 valence electrons. The van der Waals surface area contributed by atoms with Crippen LogP contribution in [0.15, 0.2) is 11.1 Å². The van der Waals surface area contributed by atoms with E-state index in [0.717, 1.165) is 66.5 Å². The lowest BCUT2D eigenvalue weighted by atomic mass is 9.78. The predicted octanol–water partition coefficient (Wildman–Crippen LogP) is 4.83. The van der Waals surface area contributed by atoms with Gasteiger partial charge in [-0.15, -0.1) is 11.3 Å². The van der Waals surface area contributed by atoms with Crippen LogP contribution in [0.5, 0.6) is 0 Å². The average Bonchev–Trinajstić information content (AvgIpc) is 3.32. The van der Waals surface area contributed by atoms with E-state index >= 15 is 0 Å². The van der Waals surface area contributed by atoms with Gasteiger partial charge in [0.15, 0.2) is 0 Å². The van der Waals surface area contributed by atoms with Crippen LogP contribution >= 0.6 is 11.3 Å². The number of amides is 1. The second kappa shape index (κ2) is 8.77. The maximum atomic E-state index is 13.5. The van der Waals surface area contributed by atoms with Gasteiger partial charge in [0.05, 0.1) is 24.0 Å². The summed E-state index contributed by atoms with van der Waals surface area (Å²) < 4.78 is 5.31. The molecule has 31 heavy (non-hydrogen) atoms. The van der Waals surface area contributed by atoms with Gasteiger partial charge in [0.2, 0.25) is 5.91 Å². The highest BCUT2D eigenvalue weighted by atomic mass is 32.1. The first-order valence-corrected chi connectivity index (χ1v) is 12.2. The Morgan fingerprint density at radius 1 is 1.06 bits per heavy atom. The molecule has 4 rings (SSSR count). The number of hydrogen-bond acceptors (Lipinski definition) is 5. The molecule has 0 aromatic carbocycles. The van der Waals surface area contributed by atoms with E-state index in [9.17, 15) is 19.5 Å². The van der Waals surface area contributed by atoms with Gasteiger partial charge in [-0.3, -0.25) is 9.59 Å². The topological polar surface area (TPSA) is 92.7 Å². The summed E-state index contributed by atoms with van der Waals surface area (Å²) in [4.78, 5) is 39.5. The number of nitrogens with one attached hydrogen (secondary N) is 1. The quantitative estimate of drug-likeness (QED) is 0.385. The number of carboxylic acid groups (broad SMARTS) is 1. The van der Waals surface area contributed by atoms with Crippen LogP contribution in [0.2, 0.25) is 0 Å². The summed E-state index contributed by atoms with van der Waals surface area (Å²) in [5.41, 5.74) is 3.77. The lowest BCUT2D eigenvalue weighted by Gasteiger charge is -2.26. The fourth-order valence-electron chi connectivity index (χ4n) is 6.05. The minimum Gasteiger partial charge on any atom is -0.481 e. The van der Waals surface area contributed by atoms with Crippen LogP contribution in [-0.4, -0.2) is 29.6 Å². The molecular formula is C24H31NO5S. The Morgan fingerprint density at radius 2 is 1.74 bits per heavy atom. The minimum atomic E-state index is -0.904. The molecule has 1 aromatic heterocycles. The van der Waals surface area contributed by atoms with Crippen LogP contribution < -0.4 is 5.32 Å². The van der Waals surface area contributed by atoms with Gasteiger partial charge in [-0.05, 0) is 76.7 Å². The Morgan fingerprint density at radius 3 is 2.39 bits per heavy atom. The molecule has 2 N–H and O–H groups in total. The number of carbonyl (C=O) groups is 3. The Bertz CT molecular complexity index is 942. The zero-order valence-electron chi connectivity index (χ0n) is 18.5. The molecule has 1 amide bonds. The molecular weight excluding hydrogens is 414 g/mol. The largest absolute Gasteiger partial charge is 0.481 e. The normalized spacial score (nSPS) is 26.9. The van der Waals surface area contributed by atoms with E-state index in [2.05, 4.69) is 5.32 Å². The van der Waals surface area contributed by atoms with Crippen molar-refractivity contribution in [1.29, 1.82) is 0 Å². The summed E-state index contributed by atoms with van der Waals surface area (Å²) in [7, 11) is 0. The molecule has 2 saturated carbocycles. The highest BCUT2D eigenvalue weighted by molar-refractivity contribution is 7.17. The number of rotatable bonds is 5. The second-order valence-corrected chi connectivity index (χ2v) is 10.2. The molecule has 3 aliphatic rings. The van der Waals surface area contributed by atoms with Crippen molar-refractivity contribution in [1.82, 2.24) is 0 Å². The summed E-state index contributed by atoms with van der Waals surface area (Å²) in [5, 5.41) is 13.4. The van der Waals surface area contributed by atoms with E-state index < -0.39 is 23.8 Å². The van der Waals surface area contributed by atoms with Gasteiger partial charge in [0, 0.05) is 4.88 Å². The van der Waals surface area contributed by atoms with Crippen molar-refractivity contribution < 1.29 is 24.2 Å². The summed E-state index contributed by atoms with van der Waals surface area (Å²) in [5.74, 6) is -2.97. The Kier molecular flexibility index (Phi) is 6.24. The van der Waals surface area contributed by atoms with Gasteiger partial charge in [0.25, 0.3) is 0 Å². The van der Waals surface area contributed by atoms with E-state index in [0.29, 0.717) is 10.6 Å². The number of carbonyl (C=O) groups excluding carboxylic acids is 2. The van der Waals surface area contributed by atoms with Crippen LogP contribution in [0, 0.1) is 23.7 Å². The number of aliphatic carboxylic acids is 1. The maximum Gasteiger partial charge on any atom is 0.341 e. The zero-order chi connectivity index (χ0) is 22.3. The number of hydrogen-bond donors (Lipinski definition) is 2. The molecule has 2 fully saturated rings. The fraction of sp³-hybridized carbons (Fsp3) is 0.625. The molecule has 0 aliphatic heterocycles. The molecule has 6 nitrogen and oxygen atoms in total. The highest BCUT2D eigenvalue weighted by Gasteiger charge is 2.57. The van der Waals surface area contributed by atoms with Crippen LogP contribution in [0.4, 0.5) is 5.00 Å². The number of thiophene rings is 1. The van der Waals surface area contributed by atoms with Crippen LogP contribution in [-0.2, 0) is 27.2 Å². The number of allylic oxidation sites excluding steroid dienone is 2. The third-order valence-corrected chi connectivity index (χ3v) is 8.35. The molecule has 3 aliphatic carbocycles. The first kappa shape index (κ1) is 22.1. The van der Waals surface area contributed by atoms with Gasteiger partial charge in [0.1, 0.15) is 5.00 Å². The number of aryl methyl sites for hydroxylation is 1. The molecule has 1 heterocycles. The summed E-state index contributed by atoms with van der Waals surface area (Å²) in [6.07, 6.45) is 6.59. The van der Waals surface area contributed by atoms with Gasteiger partial charge in [-0.1, -0.05) is 17.6 Å². The molecule has 0 unspecified atom stereocenters. The molecule has 4 atom stereocenters. The number of esters is 1. The predicted molar refractivity (Wildman–Crippen MR) is 119 cm³/mol. The second-order valence-electron chi connectivity index (χ2n) is 9.11. The third-order valence-electron chi connectivity index (χ3n) is 7.14. The summed E-state index contributed by atoms with van der Waals surface area (Å²) in [6.45, 7) is 6.06. The molecule has 7 heteroatoms. The summed E-state index contributed by atoms with van der Waals surface area (Å²) >= 11 is 1.46. The van der Waals surface area contributed by atoms with Crippen molar-refractivity contribution in [3.8, 4) is 0 Å². The van der Waals surface area contributed by atoms with Crippen molar-refractivity contribution in [3.63, 3.8) is 0 Å². The van der Waals surface area contributed by atoms with Gasteiger partial charge in [-0.25, -0.2) is 4.79 Å². The number of carboxylic acids is 1. The van der Waals surface area contributed by atoms with Gasteiger partial charge in [-0.2, -0.15) is 0 Å². The van der Waals surface area contributed by atoms with Crippen LogP contribution in [0.3, 0.4) is 0 Å². The van der Waals surface area contributed by atoms with E-state index in [4.69, 9.17) is 4.74 Å². The first-order valence-electron chi connectivity index (χ1n) is 11.4. The van der Waals surface area contributed by atoms with Crippen LogP contribution in [0.25, 0.3) is 0 Å². The smallest absolute Gasteiger partial charge is 0.341 e. The number of anilines is 1. The standard InChI is InChI=1S/C24H31NO5S/c1-4-30-24(29)20-13-8-6-5-7-9-16(13)31-22(20)25-21(26)18-14-10-11-15(17(14)12(2)3)19(18)23(27)28/h14-15,18-19H,4-11H2,1-3H3,(H,25,26)(H,27,28)/t14-,15-,18-,19+/m0/s1. The van der Waals surface area contributed by atoms with Crippen molar-refractivity contribution in [2.45, 2.75) is 65.7 Å². The lowest BCUT2D eigenvalue weighted by molar-refractivity contribution is -0.148. The highest BCUT2D eigenvalue weighted by Crippen LogP contribution is 2.57. The van der Waals surface area contributed by atoms with E-state index in [1.807, 2.05) is 13.8 Å².